The highest BCUT2D eigenvalue weighted by atomic mass is 16.5. The number of nitrogens with zero attached hydrogens (tertiary/aromatic N) is 2. The summed E-state index contributed by atoms with van der Waals surface area (Å²) in [5.74, 6) is 0.272. The third-order valence-electron chi connectivity index (χ3n) is 2.23. The number of ether oxygens (including phenoxy) is 1. The second-order valence-electron chi connectivity index (χ2n) is 3.75. The van der Waals surface area contributed by atoms with Crippen LogP contribution in [0.25, 0.3) is 0 Å². The summed E-state index contributed by atoms with van der Waals surface area (Å²) in [5.41, 5.74) is 9.28. The fourth-order valence-electron chi connectivity index (χ4n) is 1.21. The zero-order valence-electron chi connectivity index (χ0n) is 11.1. The van der Waals surface area contributed by atoms with Gasteiger partial charge in [0.2, 0.25) is 0 Å². The van der Waals surface area contributed by atoms with Crippen LogP contribution in [0.3, 0.4) is 0 Å². The number of hydrazine groups is 1. The van der Waals surface area contributed by atoms with Gasteiger partial charge in [-0.05, 0) is 5.56 Å². The molecule has 4 N–H and O–H groups in total. The Morgan fingerprint density at radius 1 is 1.42 bits per heavy atom. The molecule has 0 bridgehead atoms. The molecule has 0 aromatic heterocycles. The van der Waals surface area contributed by atoms with Crippen LogP contribution in [0.5, 0.6) is 0 Å². The van der Waals surface area contributed by atoms with E-state index in [9.17, 15) is 4.79 Å². The number of nitrogens with two attached hydrogens (primary N) is 1. The highest BCUT2D eigenvalue weighted by molar-refractivity contribution is 5.85. The van der Waals surface area contributed by atoms with E-state index in [1.807, 2.05) is 30.3 Å². The lowest BCUT2D eigenvalue weighted by Gasteiger charge is -2.12. The van der Waals surface area contributed by atoms with E-state index < -0.39 is 6.09 Å². The molecule has 7 heteroatoms. The van der Waals surface area contributed by atoms with Crippen LogP contribution >= 0.6 is 0 Å². The van der Waals surface area contributed by atoms with Gasteiger partial charge < -0.3 is 15.8 Å². The smallest absolute Gasteiger partial charge is 0.407 e. The summed E-state index contributed by atoms with van der Waals surface area (Å²) in [6.45, 7) is 0.347. The van der Waals surface area contributed by atoms with E-state index in [1.54, 1.807) is 14.1 Å². The predicted octanol–water partition coefficient (Wildman–Crippen LogP) is 0.251. The molecule has 0 saturated heterocycles. The molecule has 104 valence electrons. The standard InChI is InChI=1S/C12H19N5O2/c1-14-17(2)16-11(13)8-15-12(18)19-9-10-6-4-3-5-7-10/h3-7,14H,8-9H2,1-2H3,(H2,13,16)(H,15,18). The van der Waals surface area contributed by atoms with Gasteiger partial charge in [-0.3, -0.25) is 0 Å². The minimum Gasteiger partial charge on any atom is -0.445 e. The number of hydrogen-bond donors (Lipinski definition) is 3. The zero-order valence-corrected chi connectivity index (χ0v) is 11.1. The van der Waals surface area contributed by atoms with Crippen LogP contribution in [-0.2, 0) is 11.3 Å². The molecule has 0 spiro atoms. The summed E-state index contributed by atoms with van der Waals surface area (Å²) in [5, 5.41) is 7.88. The fraction of sp³-hybridized carbons (Fsp3) is 0.333. The van der Waals surface area contributed by atoms with E-state index >= 15 is 0 Å². The summed E-state index contributed by atoms with van der Waals surface area (Å²) in [6, 6.07) is 9.43. The largest absolute Gasteiger partial charge is 0.445 e. The van der Waals surface area contributed by atoms with Crippen LogP contribution in [0.4, 0.5) is 4.79 Å². The zero-order chi connectivity index (χ0) is 14.1. The Kier molecular flexibility index (Phi) is 6.17. The highest BCUT2D eigenvalue weighted by Crippen LogP contribution is 2.00. The molecule has 0 aliphatic carbocycles. The quantitative estimate of drug-likeness (QED) is 0.389. The van der Waals surface area contributed by atoms with Crippen molar-refractivity contribution in [1.82, 2.24) is 15.9 Å². The van der Waals surface area contributed by atoms with Gasteiger partial charge in [0, 0.05) is 14.1 Å². The summed E-state index contributed by atoms with van der Waals surface area (Å²) in [4.78, 5) is 11.4. The van der Waals surface area contributed by atoms with Crippen molar-refractivity contribution in [1.29, 1.82) is 0 Å². The number of benzene rings is 1. The van der Waals surface area contributed by atoms with E-state index in [-0.39, 0.29) is 19.0 Å². The average Bonchev–Trinajstić information content (AvgIpc) is 2.43. The monoisotopic (exact) mass is 265 g/mol. The van der Waals surface area contributed by atoms with E-state index in [0.29, 0.717) is 0 Å². The van der Waals surface area contributed by atoms with Crippen molar-refractivity contribution in [2.24, 2.45) is 10.8 Å². The normalized spacial score (nSPS) is 10.9. The van der Waals surface area contributed by atoms with Gasteiger partial charge in [-0.1, -0.05) is 30.3 Å². The molecule has 0 heterocycles. The number of carbonyl (C=O) groups is 1. The molecular weight excluding hydrogens is 246 g/mol. The minimum atomic E-state index is -0.533. The van der Waals surface area contributed by atoms with Crippen molar-refractivity contribution < 1.29 is 9.53 Å². The Morgan fingerprint density at radius 3 is 2.74 bits per heavy atom. The Bertz CT molecular complexity index is 421. The Morgan fingerprint density at radius 2 is 2.11 bits per heavy atom. The molecule has 1 amide bonds. The molecule has 7 nitrogen and oxygen atoms in total. The van der Waals surface area contributed by atoms with Crippen molar-refractivity contribution in [2.45, 2.75) is 6.61 Å². The Balaban J connectivity index is 2.27. The molecule has 1 aromatic rings. The average molecular weight is 265 g/mol. The number of carbonyl (C=O) groups excluding carboxylic acids is 1. The first kappa shape index (κ1) is 14.8. The highest BCUT2D eigenvalue weighted by Gasteiger charge is 2.03. The maximum Gasteiger partial charge on any atom is 0.407 e. The van der Waals surface area contributed by atoms with Crippen LogP contribution in [0.15, 0.2) is 35.4 Å². The number of amides is 1. The third-order valence-corrected chi connectivity index (χ3v) is 2.23. The van der Waals surface area contributed by atoms with E-state index in [0.717, 1.165) is 5.56 Å². The fourth-order valence-corrected chi connectivity index (χ4v) is 1.21. The predicted molar refractivity (Wildman–Crippen MR) is 73.1 cm³/mol. The van der Waals surface area contributed by atoms with E-state index in [2.05, 4.69) is 15.8 Å². The molecule has 0 saturated carbocycles. The summed E-state index contributed by atoms with van der Waals surface area (Å²) in [6.07, 6.45) is -0.533. The van der Waals surface area contributed by atoms with Crippen LogP contribution < -0.4 is 16.5 Å². The number of hydrogen-bond acceptors (Lipinski definition) is 5. The minimum absolute atomic E-state index is 0.125. The Hall–Kier alpha value is -2.28. The van der Waals surface area contributed by atoms with Crippen LogP contribution in [0, 0.1) is 0 Å². The molecular formula is C12H19N5O2. The Labute approximate surface area is 112 Å². The molecule has 0 aliphatic rings. The summed E-state index contributed by atoms with van der Waals surface area (Å²) < 4.78 is 5.02. The van der Waals surface area contributed by atoms with Crippen LogP contribution in [0.2, 0.25) is 0 Å². The molecule has 0 radical (unpaired) electrons. The lowest BCUT2D eigenvalue weighted by Crippen LogP contribution is -2.37. The molecule has 0 atom stereocenters. The lowest BCUT2D eigenvalue weighted by atomic mass is 10.2. The van der Waals surface area contributed by atoms with Gasteiger partial charge in [0.15, 0.2) is 0 Å². The van der Waals surface area contributed by atoms with Gasteiger partial charge in [-0.25, -0.2) is 15.3 Å². The lowest BCUT2D eigenvalue weighted by molar-refractivity contribution is 0.141. The van der Waals surface area contributed by atoms with Crippen LogP contribution in [-0.4, -0.2) is 37.7 Å². The van der Waals surface area contributed by atoms with Crippen molar-refractivity contribution in [2.75, 3.05) is 20.6 Å². The molecule has 19 heavy (non-hydrogen) atoms. The van der Waals surface area contributed by atoms with Crippen LogP contribution in [0.1, 0.15) is 5.56 Å². The molecule has 0 unspecified atom stereocenters. The van der Waals surface area contributed by atoms with E-state index in [1.165, 1.54) is 5.12 Å². The summed E-state index contributed by atoms with van der Waals surface area (Å²) in [7, 11) is 3.40. The second-order valence-corrected chi connectivity index (χ2v) is 3.75. The van der Waals surface area contributed by atoms with Gasteiger partial charge in [-0.2, -0.15) is 0 Å². The van der Waals surface area contributed by atoms with Crippen molar-refractivity contribution in [3.8, 4) is 0 Å². The van der Waals surface area contributed by atoms with Crippen molar-refractivity contribution in [3.05, 3.63) is 35.9 Å². The maximum absolute atomic E-state index is 11.4. The molecule has 1 rings (SSSR count). The first-order valence-electron chi connectivity index (χ1n) is 5.80. The number of rotatable bonds is 6. The second kappa shape index (κ2) is 7.93. The first-order valence-corrected chi connectivity index (χ1v) is 5.80. The third kappa shape index (κ3) is 6.27. The number of nitrogens with one attached hydrogen (secondary N) is 2. The topological polar surface area (TPSA) is 92.0 Å². The van der Waals surface area contributed by atoms with Gasteiger partial charge in [0.05, 0.1) is 6.54 Å². The van der Waals surface area contributed by atoms with E-state index in [4.69, 9.17) is 10.5 Å². The van der Waals surface area contributed by atoms with Gasteiger partial charge in [-0.15, -0.1) is 5.10 Å². The number of hydrazone groups is 1. The first-order chi connectivity index (χ1) is 9.11. The van der Waals surface area contributed by atoms with Crippen molar-refractivity contribution >= 4 is 11.9 Å². The number of alkyl carbamates (subject to hydrolysis) is 1. The van der Waals surface area contributed by atoms with Gasteiger partial charge in [0.25, 0.3) is 0 Å². The van der Waals surface area contributed by atoms with Gasteiger partial charge in [0.1, 0.15) is 12.4 Å². The molecule has 0 fully saturated rings. The van der Waals surface area contributed by atoms with Crippen molar-refractivity contribution in [3.63, 3.8) is 0 Å². The molecule has 0 aliphatic heterocycles. The maximum atomic E-state index is 11.4. The molecule has 1 aromatic carbocycles. The summed E-state index contributed by atoms with van der Waals surface area (Å²) >= 11 is 0. The van der Waals surface area contributed by atoms with Gasteiger partial charge >= 0.3 is 6.09 Å². The number of amidine groups is 1. The SMILES string of the molecule is CNN(C)/N=C(\N)CNC(=O)OCc1ccccc1.